The van der Waals surface area contributed by atoms with Crippen LogP contribution in [-0.2, 0) is 0 Å². The average Bonchev–Trinajstić information content (AvgIpc) is 2.67. The zero-order chi connectivity index (χ0) is 13.2. The molecular weight excluding hydrogens is 220 g/mol. The molecule has 1 aliphatic heterocycles. The first kappa shape index (κ1) is 13.6. The van der Waals surface area contributed by atoms with Gasteiger partial charge in [-0.05, 0) is 43.5 Å². The number of hydrogen-bond acceptors (Lipinski definition) is 2. The van der Waals surface area contributed by atoms with Crippen LogP contribution in [0.25, 0.3) is 0 Å². The number of hydrogen-bond donors (Lipinski definition) is 1. The minimum atomic E-state index is 0.445. The first-order chi connectivity index (χ1) is 8.52. The van der Waals surface area contributed by atoms with Gasteiger partial charge in [-0.25, -0.2) is 0 Å². The van der Waals surface area contributed by atoms with Crippen molar-refractivity contribution in [2.24, 2.45) is 5.41 Å². The lowest BCUT2D eigenvalue weighted by atomic mass is 9.93. The molecule has 1 unspecified atom stereocenters. The maximum absolute atomic E-state index is 3.47. The van der Waals surface area contributed by atoms with Crippen molar-refractivity contribution in [3.8, 4) is 0 Å². The molecule has 1 aliphatic rings. The van der Waals surface area contributed by atoms with Crippen molar-refractivity contribution in [3.63, 3.8) is 0 Å². The molecule has 100 valence electrons. The summed E-state index contributed by atoms with van der Waals surface area (Å²) in [4.78, 5) is 2.59. The molecule has 0 radical (unpaired) electrons. The van der Waals surface area contributed by atoms with E-state index in [1.165, 1.54) is 30.6 Å². The van der Waals surface area contributed by atoms with Crippen LogP contribution in [0.1, 0.15) is 37.4 Å². The zero-order valence-corrected chi connectivity index (χ0v) is 12.2. The van der Waals surface area contributed by atoms with Crippen molar-refractivity contribution in [2.75, 3.05) is 26.7 Å². The smallest absolute Gasteiger partial charge is 0.0449 e. The summed E-state index contributed by atoms with van der Waals surface area (Å²) < 4.78 is 0. The van der Waals surface area contributed by atoms with Gasteiger partial charge in [0, 0.05) is 19.1 Å². The van der Waals surface area contributed by atoms with E-state index >= 15 is 0 Å². The predicted octanol–water partition coefficient (Wildman–Crippen LogP) is 2.99. The Bertz CT molecular complexity index is 398. The van der Waals surface area contributed by atoms with Gasteiger partial charge >= 0.3 is 0 Å². The molecular formula is C16H26N2. The van der Waals surface area contributed by atoms with E-state index in [9.17, 15) is 0 Å². The molecule has 1 N–H and O–H groups in total. The normalized spacial score (nSPS) is 21.1. The molecule has 1 saturated heterocycles. The number of likely N-dealkylation sites (tertiary alicyclic amines) is 1. The number of benzene rings is 1. The number of likely N-dealkylation sites (N-methyl/N-ethyl adjacent to an activating group) is 1. The van der Waals surface area contributed by atoms with E-state index in [1.807, 2.05) is 0 Å². The van der Waals surface area contributed by atoms with Gasteiger partial charge in [0.1, 0.15) is 0 Å². The fraction of sp³-hybridized carbons (Fsp3) is 0.625. The first-order valence-electron chi connectivity index (χ1n) is 6.97. The Morgan fingerprint density at radius 3 is 2.61 bits per heavy atom. The molecule has 1 atom stereocenters. The van der Waals surface area contributed by atoms with Gasteiger partial charge in [-0.3, -0.25) is 0 Å². The average molecular weight is 246 g/mol. The van der Waals surface area contributed by atoms with E-state index in [0.717, 1.165) is 6.54 Å². The topological polar surface area (TPSA) is 15.3 Å². The Hall–Kier alpha value is -0.860. The van der Waals surface area contributed by atoms with Crippen molar-refractivity contribution < 1.29 is 0 Å². The van der Waals surface area contributed by atoms with Crippen LogP contribution >= 0.6 is 0 Å². The van der Waals surface area contributed by atoms with Crippen LogP contribution in [0.2, 0.25) is 0 Å². The third-order valence-electron chi connectivity index (χ3n) is 4.11. The highest BCUT2D eigenvalue weighted by atomic mass is 15.2. The highest BCUT2D eigenvalue weighted by Crippen LogP contribution is 2.30. The predicted molar refractivity (Wildman–Crippen MR) is 77.8 cm³/mol. The summed E-state index contributed by atoms with van der Waals surface area (Å²) in [5.41, 5.74) is 3.31. The second-order valence-corrected chi connectivity index (χ2v) is 6.35. The van der Waals surface area contributed by atoms with Gasteiger partial charge in [0.2, 0.25) is 0 Å². The van der Waals surface area contributed by atoms with Crippen molar-refractivity contribution in [1.82, 2.24) is 10.2 Å². The Labute approximate surface area is 111 Å². The second kappa shape index (κ2) is 5.41. The summed E-state index contributed by atoms with van der Waals surface area (Å²) in [5.74, 6) is 0. The molecule has 2 rings (SSSR count). The lowest BCUT2D eigenvalue weighted by molar-refractivity contribution is 0.265. The molecule has 1 aromatic rings. The third-order valence-corrected chi connectivity index (χ3v) is 4.11. The molecule has 1 fully saturated rings. The second-order valence-electron chi connectivity index (χ2n) is 6.35. The molecule has 2 heteroatoms. The van der Waals surface area contributed by atoms with E-state index in [4.69, 9.17) is 0 Å². The van der Waals surface area contributed by atoms with Crippen LogP contribution in [-0.4, -0.2) is 31.6 Å². The van der Waals surface area contributed by atoms with Gasteiger partial charge in [-0.15, -0.1) is 0 Å². The molecule has 2 nitrogen and oxygen atoms in total. The maximum atomic E-state index is 3.47. The largest absolute Gasteiger partial charge is 0.312 e. The molecule has 0 aliphatic carbocycles. The summed E-state index contributed by atoms with van der Waals surface area (Å²) in [6.45, 7) is 10.5. The van der Waals surface area contributed by atoms with E-state index < -0.39 is 0 Å². The number of nitrogens with zero attached hydrogens (tertiary/aromatic N) is 1. The van der Waals surface area contributed by atoms with Crippen molar-refractivity contribution in [2.45, 2.75) is 33.2 Å². The van der Waals surface area contributed by atoms with Crippen LogP contribution in [0.5, 0.6) is 0 Å². The molecule has 0 aromatic heterocycles. The van der Waals surface area contributed by atoms with E-state index in [2.05, 4.69) is 62.3 Å². The van der Waals surface area contributed by atoms with Gasteiger partial charge in [0.15, 0.2) is 0 Å². The molecule has 1 heterocycles. The Morgan fingerprint density at radius 1 is 1.33 bits per heavy atom. The molecule has 18 heavy (non-hydrogen) atoms. The number of aryl methyl sites for hydroxylation is 1. The monoisotopic (exact) mass is 246 g/mol. The SMILES string of the molecule is CNC(CN1CCC(C)(C)C1)c1ccccc1C. The van der Waals surface area contributed by atoms with Gasteiger partial charge < -0.3 is 10.2 Å². The summed E-state index contributed by atoms with van der Waals surface area (Å²) in [6.07, 6.45) is 1.32. The van der Waals surface area contributed by atoms with E-state index in [1.54, 1.807) is 0 Å². The standard InChI is InChI=1S/C16H26N2/c1-13-7-5-6-8-14(13)15(17-4)11-18-10-9-16(2,3)12-18/h5-8,15,17H,9-12H2,1-4H3. The Balaban J connectivity index is 2.05. The highest BCUT2D eigenvalue weighted by Gasteiger charge is 2.30. The minimum absolute atomic E-state index is 0.445. The van der Waals surface area contributed by atoms with Crippen molar-refractivity contribution in [1.29, 1.82) is 0 Å². The summed E-state index contributed by atoms with van der Waals surface area (Å²) in [7, 11) is 2.07. The van der Waals surface area contributed by atoms with Crippen LogP contribution in [0.15, 0.2) is 24.3 Å². The fourth-order valence-corrected chi connectivity index (χ4v) is 2.96. The van der Waals surface area contributed by atoms with Crippen molar-refractivity contribution >= 4 is 0 Å². The lowest BCUT2D eigenvalue weighted by Gasteiger charge is -2.26. The molecule has 0 bridgehead atoms. The molecule has 0 spiro atoms. The summed E-state index contributed by atoms with van der Waals surface area (Å²) in [5, 5.41) is 3.47. The first-order valence-corrected chi connectivity index (χ1v) is 6.97. The molecule has 0 amide bonds. The Kier molecular flexibility index (Phi) is 4.08. The van der Waals surface area contributed by atoms with Crippen LogP contribution in [0.3, 0.4) is 0 Å². The van der Waals surface area contributed by atoms with Crippen LogP contribution in [0.4, 0.5) is 0 Å². The quantitative estimate of drug-likeness (QED) is 0.878. The van der Waals surface area contributed by atoms with Crippen LogP contribution in [0, 0.1) is 12.3 Å². The minimum Gasteiger partial charge on any atom is -0.312 e. The third kappa shape index (κ3) is 3.12. The molecule has 0 saturated carbocycles. The molecule has 1 aromatic carbocycles. The maximum Gasteiger partial charge on any atom is 0.0449 e. The summed E-state index contributed by atoms with van der Waals surface area (Å²) >= 11 is 0. The van der Waals surface area contributed by atoms with Gasteiger partial charge in [-0.1, -0.05) is 38.1 Å². The number of nitrogens with one attached hydrogen (secondary N) is 1. The van der Waals surface area contributed by atoms with Gasteiger partial charge in [0.05, 0.1) is 0 Å². The number of rotatable bonds is 4. The summed E-state index contributed by atoms with van der Waals surface area (Å²) in [6, 6.07) is 9.15. The van der Waals surface area contributed by atoms with E-state index in [-0.39, 0.29) is 0 Å². The lowest BCUT2D eigenvalue weighted by Crippen LogP contribution is -2.33. The Morgan fingerprint density at radius 2 is 2.06 bits per heavy atom. The van der Waals surface area contributed by atoms with Gasteiger partial charge in [-0.2, -0.15) is 0 Å². The highest BCUT2D eigenvalue weighted by molar-refractivity contribution is 5.29. The fourth-order valence-electron chi connectivity index (χ4n) is 2.96. The van der Waals surface area contributed by atoms with Crippen LogP contribution < -0.4 is 5.32 Å². The van der Waals surface area contributed by atoms with Gasteiger partial charge in [0.25, 0.3) is 0 Å². The van der Waals surface area contributed by atoms with Crippen molar-refractivity contribution in [3.05, 3.63) is 35.4 Å². The van der Waals surface area contributed by atoms with E-state index in [0.29, 0.717) is 11.5 Å². The zero-order valence-electron chi connectivity index (χ0n) is 12.2.